The van der Waals surface area contributed by atoms with E-state index in [1.807, 2.05) is 0 Å². The summed E-state index contributed by atoms with van der Waals surface area (Å²) in [5.41, 5.74) is 2.52. The third-order valence-corrected chi connectivity index (χ3v) is 5.25. The number of benzene rings is 1. The van der Waals surface area contributed by atoms with Crippen molar-refractivity contribution in [1.29, 1.82) is 0 Å². The largest absolute Gasteiger partial charge is 0.302 e. The molecule has 0 saturated heterocycles. The van der Waals surface area contributed by atoms with E-state index in [1.54, 1.807) is 6.08 Å². The minimum Gasteiger partial charge on any atom is -0.302 e. The summed E-state index contributed by atoms with van der Waals surface area (Å²) in [6, 6.07) is 8.78. The molecule has 2 aliphatic rings. The van der Waals surface area contributed by atoms with Crippen LogP contribution in [-0.2, 0) is 9.84 Å². The van der Waals surface area contributed by atoms with E-state index < -0.39 is 9.84 Å². The van der Waals surface area contributed by atoms with Crippen molar-refractivity contribution in [3.05, 3.63) is 46.9 Å². The quantitative estimate of drug-likeness (QED) is 0.919. The highest BCUT2D eigenvalue weighted by atomic mass is 32.2. The lowest BCUT2D eigenvalue weighted by molar-refractivity contribution is 0.458. The number of hydrogen-bond acceptors (Lipinski definition) is 3. The summed E-state index contributed by atoms with van der Waals surface area (Å²) in [6.07, 6.45) is 4.24. The first-order valence-electron chi connectivity index (χ1n) is 6.77. The summed E-state index contributed by atoms with van der Waals surface area (Å²) < 4.78 is 22.9. The van der Waals surface area contributed by atoms with Crippen molar-refractivity contribution in [3.8, 4) is 0 Å². The molecule has 2 unspecified atom stereocenters. The minimum atomic E-state index is -2.98. The standard InChI is InChI=1S/C15H19NO2S/c1-11-2-4-12(5-3-11)15(13-6-7-13)16-14-8-9-19(17,18)10-14/h2-5,8-9,13-16H,6-7,10H2,1H3. The Morgan fingerprint density at radius 3 is 2.42 bits per heavy atom. The Morgan fingerprint density at radius 1 is 1.21 bits per heavy atom. The molecule has 3 rings (SSSR count). The minimum absolute atomic E-state index is 0.0445. The molecule has 2 atom stereocenters. The van der Waals surface area contributed by atoms with Crippen molar-refractivity contribution in [2.75, 3.05) is 5.75 Å². The molecule has 3 nitrogen and oxygen atoms in total. The molecule has 1 aliphatic carbocycles. The van der Waals surface area contributed by atoms with Gasteiger partial charge >= 0.3 is 0 Å². The van der Waals surface area contributed by atoms with Crippen molar-refractivity contribution < 1.29 is 8.42 Å². The number of aryl methyl sites for hydroxylation is 1. The lowest BCUT2D eigenvalue weighted by atomic mass is 10.0. The van der Waals surface area contributed by atoms with Gasteiger partial charge in [0.1, 0.15) is 0 Å². The van der Waals surface area contributed by atoms with Gasteiger partial charge in [0.2, 0.25) is 0 Å². The molecule has 1 N–H and O–H groups in total. The van der Waals surface area contributed by atoms with Gasteiger partial charge in [0, 0.05) is 17.5 Å². The molecule has 1 heterocycles. The summed E-state index contributed by atoms with van der Waals surface area (Å²) in [7, 11) is -2.98. The van der Waals surface area contributed by atoms with Crippen LogP contribution in [0.3, 0.4) is 0 Å². The molecule has 1 fully saturated rings. The fraction of sp³-hybridized carbons (Fsp3) is 0.467. The fourth-order valence-electron chi connectivity index (χ4n) is 2.62. The van der Waals surface area contributed by atoms with Gasteiger partial charge in [0.25, 0.3) is 0 Å². The molecule has 1 saturated carbocycles. The van der Waals surface area contributed by atoms with Gasteiger partial charge in [-0.05, 0) is 31.2 Å². The second kappa shape index (κ2) is 4.76. The van der Waals surface area contributed by atoms with Crippen molar-refractivity contribution in [2.24, 2.45) is 5.92 Å². The molecule has 102 valence electrons. The van der Waals surface area contributed by atoms with Crippen LogP contribution in [0.2, 0.25) is 0 Å². The SMILES string of the molecule is Cc1ccc(C(NC2C=CS(=O)(=O)C2)C2CC2)cc1. The zero-order valence-electron chi connectivity index (χ0n) is 11.0. The van der Waals surface area contributed by atoms with E-state index in [0.717, 1.165) is 0 Å². The van der Waals surface area contributed by atoms with Crippen LogP contribution in [0.5, 0.6) is 0 Å². The van der Waals surface area contributed by atoms with Crippen LogP contribution in [0.1, 0.15) is 30.0 Å². The molecule has 1 aliphatic heterocycles. The van der Waals surface area contributed by atoms with E-state index in [2.05, 4.69) is 36.5 Å². The maximum absolute atomic E-state index is 11.5. The van der Waals surface area contributed by atoms with Crippen LogP contribution in [0.4, 0.5) is 0 Å². The first kappa shape index (κ1) is 12.9. The highest BCUT2D eigenvalue weighted by Gasteiger charge is 2.34. The molecule has 0 bridgehead atoms. The third-order valence-electron chi connectivity index (χ3n) is 3.85. The topological polar surface area (TPSA) is 46.2 Å². The Labute approximate surface area is 114 Å². The van der Waals surface area contributed by atoms with E-state index in [4.69, 9.17) is 0 Å². The number of sulfone groups is 1. The van der Waals surface area contributed by atoms with Gasteiger partial charge in [-0.15, -0.1) is 0 Å². The molecule has 0 radical (unpaired) electrons. The maximum Gasteiger partial charge on any atom is 0.173 e. The van der Waals surface area contributed by atoms with Gasteiger partial charge < -0.3 is 5.32 Å². The fourth-order valence-corrected chi connectivity index (χ4v) is 3.87. The molecule has 4 heteroatoms. The second-order valence-corrected chi connectivity index (χ2v) is 7.59. The average Bonchev–Trinajstić information content (AvgIpc) is 3.13. The molecule has 1 aromatic rings. The predicted molar refractivity (Wildman–Crippen MR) is 76.5 cm³/mol. The zero-order chi connectivity index (χ0) is 13.5. The van der Waals surface area contributed by atoms with E-state index in [1.165, 1.54) is 29.4 Å². The maximum atomic E-state index is 11.5. The van der Waals surface area contributed by atoms with Gasteiger partial charge in [0.05, 0.1) is 5.75 Å². The van der Waals surface area contributed by atoms with Crippen LogP contribution in [0, 0.1) is 12.8 Å². The molecular weight excluding hydrogens is 258 g/mol. The Balaban J connectivity index is 1.75. The Hall–Kier alpha value is -1.13. The average molecular weight is 277 g/mol. The van der Waals surface area contributed by atoms with E-state index in [0.29, 0.717) is 5.92 Å². The summed E-state index contributed by atoms with van der Waals surface area (Å²) in [4.78, 5) is 0. The monoisotopic (exact) mass is 277 g/mol. The van der Waals surface area contributed by atoms with E-state index >= 15 is 0 Å². The smallest absolute Gasteiger partial charge is 0.173 e. The first-order chi connectivity index (χ1) is 9.03. The Kier molecular flexibility index (Phi) is 3.23. The van der Waals surface area contributed by atoms with Gasteiger partial charge in [-0.2, -0.15) is 0 Å². The van der Waals surface area contributed by atoms with Gasteiger partial charge in [-0.3, -0.25) is 0 Å². The molecule has 0 spiro atoms. The lowest BCUT2D eigenvalue weighted by Crippen LogP contribution is -2.34. The number of hydrogen-bond donors (Lipinski definition) is 1. The van der Waals surface area contributed by atoms with Crippen LogP contribution in [-0.4, -0.2) is 20.2 Å². The zero-order valence-corrected chi connectivity index (χ0v) is 11.9. The molecule has 1 aromatic carbocycles. The molecule has 0 amide bonds. The predicted octanol–water partition coefficient (Wildman–Crippen LogP) is 2.35. The van der Waals surface area contributed by atoms with E-state index in [9.17, 15) is 8.42 Å². The second-order valence-electron chi connectivity index (χ2n) is 5.66. The van der Waals surface area contributed by atoms with Crippen molar-refractivity contribution in [3.63, 3.8) is 0 Å². The molecule has 0 aromatic heterocycles. The van der Waals surface area contributed by atoms with Crippen molar-refractivity contribution in [1.82, 2.24) is 5.32 Å². The summed E-state index contributed by atoms with van der Waals surface area (Å²) in [6.45, 7) is 2.08. The number of nitrogens with one attached hydrogen (secondary N) is 1. The van der Waals surface area contributed by atoms with E-state index in [-0.39, 0.29) is 17.8 Å². The summed E-state index contributed by atoms with van der Waals surface area (Å²) in [5, 5.41) is 4.84. The molecule has 19 heavy (non-hydrogen) atoms. The highest BCUT2D eigenvalue weighted by molar-refractivity contribution is 7.94. The van der Waals surface area contributed by atoms with Crippen molar-refractivity contribution in [2.45, 2.75) is 31.8 Å². The third kappa shape index (κ3) is 3.07. The van der Waals surface area contributed by atoms with Crippen LogP contribution in [0.25, 0.3) is 0 Å². The van der Waals surface area contributed by atoms with Gasteiger partial charge in [-0.25, -0.2) is 8.42 Å². The van der Waals surface area contributed by atoms with Gasteiger partial charge in [-0.1, -0.05) is 35.9 Å². The normalized spacial score (nSPS) is 26.5. The van der Waals surface area contributed by atoms with Gasteiger partial charge in [0.15, 0.2) is 9.84 Å². The van der Waals surface area contributed by atoms with Crippen molar-refractivity contribution >= 4 is 9.84 Å². The summed E-state index contributed by atoms with van der Waals surface area (Å²) >= 11 is 0. The van der Waals surface area contributed by atoms with Crippen LogP contribution >= 0.6 is 0 Å². The number of rotatable bonds is 4. The lowest BCUT2D eigenvalue weighted by Gasteiger charge is -2.22. The first-order valence-corrected chi connectivity index (χ1v) is 8.49. The Morgan fingerprint density at radius 2 is 1.89 bits per heavy atom. The Bertz CT molecular complexity index is 585. The summed E-state index contributed by atoms with van der Waals surface area (Å²) in [5.74, 6) is 0.849. The van der Waals surface area contributed by atoms with Crippen LogP contribution < -0.4 is 5.32 Å². The highest BCUT2D eigenvalue weighted by Crippen LogP contribution is 2.41. The molecular formula is C15H19NO2S. The van der Waals surface area contributed by atoms with Crippen LogP contribution in [0.15, 0.2) is 35.7 Å².